The van der Waals surface area contributed by atoms with E-state index in [2.05, 4.69) is 0 Å². The summed E-state index contributed by atoms with van der Waals surface area (Å²) in [5, 5.41) is 0. The summed E-state index contributed by atoms with van der Waals surface area (Å²) in [4.78, 5) is 47.1. The Morgan fingerprint density at radius 2 is 1.91 bits per heavy atom. The molecule has 0 saturated heterocycles. The molecule has 1 aliphatic heterocycles. The van der Waals surface area contributed by atoms with Gasteiger partial charge in [-0.05, 0) is 12.8 Å². The van der Waals surface area contributed by atoms with Crippen LogP contribution in [0.3, 0.4) is 0 Å². The van der Waals surface area contributed by atoms with Crippen molar-refractivity contribution in [2.75, 3.05) is 6.61 Å². The molecule has 0 saturated carbocycles. The molecule has 2 aliphatic rings. The van der Waals surface area contributed by atoms with Gasteiger partial charge in [0, 0.05) is 26.2 Å². The topological polar surface area (TPSA) is 96.0 Å². The number of ether oxygens (including phenoxy) is 3. The molecule has 7 heteroatoms. The Bertz CT molecular complexity index is 575. The van der Waals surface area contributed by atoms with Gasteiger partial charge in [-0.2, -0.15) is 0 Å². The van der Waals surface area contributed by atoms with Gasteiger partial charge in [-0.1, -0.05) is 6.92 Å². The molecule has 7 nitrogen and oxygen atoms in total. The van der Waals surface area contributed by atoms with Crippen LogP contribution in [0.15, 0.2) is 11.3 Å². The predicted octanol–water partition coefficient (Wildman–Crippen LogP) is 1.30. The summed E-state index contributed by atoms with van der Waals surface area (Å²) >= 11 is 0. The third-order valence-electron chi connectivity index (χ3n) is 4.01. The fourth-order valence-electron chi connectivity index (χ4n) is 2.85. The molecule has 0 unspecified atom stereocenters. The first kappa shape index (κ1) is 17.2. The number of hydrogen-bond donors (Lipinski definition) is 0. The van der Waals surface area contributed by atoms with Crippen molar-refractivity contribution in [1.82, 2.24) is 0 Å². The minimum Gasteiger partial charge on any atom is -0.465 e. The first-order valence-corrected chi connectivity index (χ1v) is 7.64. The third-order valence-corrected chi connectivity index (χ3v) is 4.01. The summed E-state index contributed by atoms with van der Waals surface area (Å²) in [5.74, 6) is -2.72. The van der Waals surface area contributed by atoms with Crippen molar-refractivity contribution in [3.05, 3.63) is 11.3 Å². The minimum absolute atomic E-state index is 0.0312. The van der Waals surface area contributed by atoms with E-state index < -0.39 is 29.9 Å². The molecule has 1 heterocycles. The Morgan fingerprint density at radius 1 is 1.22 bits per heavy atom. The Hall–Kier alpha value is -2.18. The van der Waals surface area contributed by atoms with Crippen LogP contribution in [-0.2, 0) is 33.4 Å². The molecule has 1 aliphatic carbocycles. The second kappa shape index (κ2) is 6.93. The van der Waals surface area contributed by atoms with Gasteiger partial charge < -0.3 is 14.2 Å². The molecule has 0 spiro atoms. The molecule has 0 radical (unpaired) electrons. The van der Waals surface area contributed by atoms with Crippen molar-refractivity contribution in [3.8, 4) is 0 Å². The maximum atomic E-state index is 12.7. The van der Waals surface area contributed by atoms with Gasteiger partial charge >= 0.3 is 11.9 Å². The average Bonchev–Trinajstić information content (AvgIpc) is 2.46. The van der Waals surface area contributed by atoms with Crippen molar-refractivity contribution in [2.45, 2.75) is 46.3 Å². The zero-order chi connectivity index (χ0) is 17.1. The van der Waals surface area contributed by atoms with Crippen molar-refractivity contribution in [3.63, 3.8) is 0 Å². The minimum atomic E-state index is -1.18. The molecular formula is C16H20O7. The number of ketones is 2. The van der Waals surface area contributed by atoms with Crippen LogP contribution in [-0.4, -0.2) is 36.4 Å². The number of esters is 2. The fourth-order valence-corrected chi connectivity index (χ4v) is 2.85. The molecular weight excluding hydrogens is 304 g/mol. The van der Waals surface area contributed by atoms with E-state index in [0.717, 1.165) is 0 Å². The molecule has 0 aromatic carbocycles. The first-order chi connectivity index (χ1) is 10.8. The van der Waals surface area contributed by atoms with Crippen LogP contribution in [0, 0.1) is 11.8 Å². The number of hydrogen-bond acceptors (Lipinski definition) is 7. The highest BCUT2D eigenvalue weighted by Crippen LogP contribution is 2.38. The van der Waals surface area contributed by atoms with E-state index in [4.69, 9.17) is 14.2 Å². The third kappa shape index (κ3) is 3.60. The molecule has 0 amide bonds. The SMILES string of the molecule is CC[C@@H]1CCC(=O)C2=C1O[C@H](OC(C)=O)[C@@H](COC(C)=O)C2=O. The highest BCUT2D eigenvalue weighted by molar-refractivity contribution is 6.22. The highest BCUT2D eigenvalue weighted by Gasteiger charge is 2.46. The van der Waals surface area contributed by atoms with Crippen LogP contribution in [0.5, 0.6) is 0 Å². The van der Waals surface area contributed by atoms with Crippen molar-refractivity contribution >= 4 is 23.5 Å². The summed E-state index contributed by atoms with van der Waals surface area (Å²) in [5.41, 5.74) is 0.0312. The van der Waals surface area contributed by atoms with E-state index in [1.165, 1.54) is 13.8 Å². The highest BCUT2D eigenvalue weighted by atomic mass is 16.7. The molecule has 0 aromatic heterocycles. The van der Waals surface area contributed by atoms with Gasteiger partial charge in [-0.3, -0.25) is 19.2 Å². The maximum absolute atomic E-state index is 12.7. The van der Waals surface area contributed by atoms with Crippen molar-refractivity contribution in [2.24, 2.45) is 11.8 Å². The zero-order valence-corrected chi connectivity index (χ0v) is 13.4. The van der Waals surface area contributed by atoms with Crippen LogP contribution in [0.2, 0.25) is 0 Å². The lowest BCUT2D eigenvalue weighted by atomic mass is 9.80. The van der Waals surface area contributed by atoms with E-state index in [0.29, 0.717) is 18.6 Å². The summed E-state index contributed by atoms with van der Waals surface area (Å²) in [6.07, 6.45) is 0.410. The van der Waals surface area contributed by atoms with E-state index >= 15 is 0 Å². The van der Waals surface area contributed by atoms with Crippen molar-refractivity contribution < 1.29 is 33.4 Å². The number of carbonyl (C=O) groups excluding carboxylic acids is 4. The smallest absolute Gasteiger partial charge is 0.305 e. The first-order valence-electron chi connectivity index (χ1n) is 7.64. The average molecular weight is 324 g/mol. The Morgan fingerprint density at radius 3 is 2.48 bits per heavy atom. The molecule has 0 aromatic rings. The molecule has 3 atom stereocenters. The van der Waals surface area contributed by atoms with Crippen LogP contribution < -0.4 is 0 Å². The number of rotatable bonds is 4. The standard InChI is InChI=1S/C16H20O7/c1-4-10-5-6-12(19)13-14(20)11(7-21-8(2)17)16(22-9(3)18)23-15(10)13/h10-11,16H,4-7H2,1-3H3/t10-,11+,16+/m1/s1. The van der Waals surface area contributed by atoms with Gasteiger partial charge in [0.25, 0.3) is 6.29 Å². The molecule has 0 bridgehead atoms. The van der Waals surface area contributed by atoms with Gasteiger partial charge in [0.1, 0.15) is 18.3 Å². The lowest BCUT2D eigenvalue weighted by Crippen LogP contribution is -2.46. The van der Waals surface area contributed by atoms with Gasteiger partial charge in [0.15, 0.2) is 11.6 Å². The van der Waals surface area contributed by atoms with E-state index in [-0.39, 0.29) is 30.3 Å². The zero-order valence-electron chi connectivity index (χ0n) is 13.4. The fraction of sp³-hybridized carbons (Fsp3) is 0.625. The summed E-state index contributed by atoms with van der Waals surface area (Å²) in [6.45, 7) is 4.04. The number of Topliss-reactive ketones (excluding diaryl/α,β-unsaturated/α-hetero) is 2. The number of allylic oxidation sites excluding steroid dienone is 2. The lowest BCUT2D eigenvalue weighted by molar-refractivity contribution is -0.191. The van der Waals surface area contributed by atoms with Gasteiger partial charge in [0.05, 0.1) is 5.57 Å². The lowest BCUT2D eigenvalue weighted by Gasteiger charge is -2.37. The van der Waals surface area contributed by atoms with Crippen LogP contribution in [0.4, 0.5) is 0 Å². The molecule has 0 fully saturated rings. The predicted molar refractivity (Wildman–Crippen MR) is 76.8 cm³/mol. The van der Waals surface area contributed by atoms with Gasteiger partial charge in [0.2, 0.25) is 0 Å². The Kier molecular flexibility index (Phi) is 5.18. The summed E-state index contributed by atoms with van der Waals surface area (Å²) in [7, 11) is 0. The van der Waals surface area contributed by atoms with Crippen LogP contribution >= 0.6 is 0 Å². The van der Waals surface area contributed by atoms with Crippen LogP contribution in [0.25, 0.3) is 0 Å². The quantitative estimate of drug-likeness (QED) is 0.568. The van der Waals surface area contributed by atoms with Crippen LogP contribution in [0.1, 0.15) is 40.0 Å². The Balaban J connectivity index is 2.36. The largest absolute Gasteiger partial charge is 0.465 e. The maximum Gasteiger partial charge on any atom is 0.305 e. The van der Waals surface area contributed by atoms with Gasteiger partial charge in [-0.15, -0.1) is 0 Å². The van der Waals surface area contributed by atoms with E-state index in [1.54, 1.807) is 0 Å². The molecule has 126 valence electrons. The van der Waals surface area contributed by atoms with E-state index in [1.807, 2.05) is 6.92 Å². The normalized spacial score (nSPS) is 27.2. The van der Waals surface area contributed by atoms with Crippen molar-refractivity contribution in [1.29, 1.82) is 0 Å². The summed E-state index contributed by atoms with van der Waals surface area (Å²) in [6, 6.07) is 0. The van der Waals surface area contributed by atoms with E-state index in [9.17, 15) is 19.2 Å². The number of carbonyl (C=O) groups is 4. The monoisotopic (exact) mass is 324 g/mol. The Labute approximate surface area is 133 Å². The second-order valence-electron chi connectivity index (χ2n) is 5.68. The molecule has 2 rings (SSSR count). The summed E-state index contributed by atoms with van der Waals surface area (Å²) < 4.78 is 15.6. The van der Waals surface area contributed by atoms with Gasteiger partial charge in [-0.25, -0.2) is 0 Å². The molecule has 0 N–H and O–H groups in total. The molecule has 23 heavy (non-hydrogen) atoms. The second-order valence-corrected chi connectivity index (χ2v) is 5.68.